The third kappa shape index (κ3) is 4.83. The van der Waals surface area contributed by atoms with Crippen molar-refractivity contribution in [2.75, 3.05) is 6.54 Å². The summed E-state index contributed by atoms with van der Waals surface area (Å²) in [6.45, 7) is 5.26. The average molecular weight is 162 g/mol. The second-order valence-electron chi connectivity index (χ2n) is 2.28. The van der Waals surface area contributed by atoms with E-state index < -0.39 is 0 Å². The first-order valence-corrected chi connectivity index (χ1v) is 4.27. The maximum Gasteiger partial charge on any atom is 0.0149 e. The lowest BCUT2D eigenvalue weighted by molar-refractivity contribution is 0.510. The largest absolute Gasteiger partial charge is 0.311 e. The molecule has 0 saturated heterocycles. The molecule has 0 aromatic heterocycles. The smallest absolute Gasteiger partial charge is 0.0149 e. The predicted octanol–water partition coefficient (Wildman–Crippen LogP) is 2.52. The molecule has 0 aromatic rings. The van der Waals surface area contributed by atoms with Gasteiger partial charge in [-0.15, -0.1) is 0 Å². The second-order valence-corrected chi connectivity index (χ2v) is 2.54. The Labute approximate surface area is 68.5 Å². The molecular formula is C8H16ClN. The summed E-state index contributed by atoms with van der Waals surface area (Å²) >= 11 is 5.35. The van der Waals surface area contributed by atoms with E-state index in [1.165, 1.54) is 12.8 Å². The van der Waals surface area contributed by atoms with Crippen molar-refractivity contribution in [3.63, 3.8) is 0 Å². The molecule has 0 radical (unpaired) electrons. The Hall–Kier alpha value is -0.0100. The Balaban J connectivity index is 3.25. The van der Waals surface area contributed by atoms with Crippen LogP contribution in [0.2, 0.25) is 0 Å². The highest BCUT2D eigenvalue weighted by atomic mass is 35.5. The minimum atomic E-state index is 0.646. The van der Waals surface area contributed by atoms with Crippen LogP contribution in [-0.2, 0) is 0 Å². The van der Waals surface area contributed by atoms with Gasteiger partial charge in [0.25, 0.3) is 0 Å². The van der Waals surface area contributed by atoms with Crippen molar-refractivity contribution < 1.29 is 0 Å². The summed E-state index contributed by atoms with van der Waals surface area (Å²) in [6.07, 6.45) is 4.29. The number of hydrogen-bond donors (Lipinski definition) is 1. The molecule has 0 aliphatic rings. The van der Waals surface area contributed by atoms with Gasteiger partial charge < -0.3 is 5.32 Å². The van der Waals surface area contributed by atoms with E-state index in [1.54, 1.807) is 5.54 Å². The molecule has 0 bridgehead atoms. The first kappa shape index (κ1) is 9.99. The standard InChI is InChI=1S/C8H16ClN/c1-3-8(4-2)10-7-5-6-9/h5-6,8,10H,3-4,7H2,1-2H3/b6-5+. The monoisotopic (exact) mass is 161 g/mol. The zero-order valence-corrected chi connectivity index (χ0v) is 7.49. The summed E-state index contributed by atoms with van der Waals surface area (Å²) in [6, 6.07) is 0.646. The lowest BCUT2D eigenvalue weighted by Gasteiger charge is -2.11. The zero-order chi connectivity index (χ0) is 7.82. The molecule has 0 aliphatic heterocycles. The van der Waals surface area contributed by atoms with Crippen molar-refractivity contribution >= 4 is 11.6 Å². The van der Waals surface area contributed by atoms with Gasteiger partial charge in [0.05, 0.1) is 0 Å². The highest BCUT2D eigenvalue weighted by Crippen LogP contribution is 1.94. The van der Waals surface area contributed by atoms with Gasteiger partial charge >= 0.3 is 0 Å². The molecule has 10 heavy (non-hydrogen) atoms. The molecule has 0 fully saturated rings. The highest BCUT2D eigenvalue weighted by Gasteiger charge is 1.97. The van der Waals surface area contributed by atoms with E-state index in [2.05, 4.69) is 19.2 Å². The van der Waals surface area contributed by atoms with Crippen molar-refractivity contribution in [1.29, 1.82) is 0 Å². The molecule has 0 rings (SSSR count). The van der Waals surface area contributed by atoms with Crippen LogP contribution in [0.3, 0.4) is 0 Å². The highest BCUT2D eigenvalue weighted by molar-refractivity contribution is 6.25. The Morgan fingerprint density at radius 2 is 2.00 bits per heavy atom. The van der Waals surface area contributed by atoms with Gasteiger partial charge in [-0.05, 0) is 12.8 Å². The molecule has 0 aliphatic carbocycles. The van der Waals surface area contributed by atoms with Crippen molar-refractivity contribution in [3.05, 3.63) is 11.6 Å². The number of hydrogen-bond acceptors (Lipinski definition) is 1. The van der Waals surface area contributed by atoms with E-state index in [0.29, 0.717) is 6.04 Å². The lowest BCUT2D eigenvalue weighted by atomic mass is 10.2. The van der Waals surface area contributed by atoms with Crippen molar-refractivity contribution in [1.82, 2.24) is 5.32 Å². The van der Waals surface area contributed by atoms with Gasteiger partial charge in [0.15, 0.2) is 0 Å². The average Bonchev–Trinajstić information content (AvgIpc) is 1.99. The Morgan fingerprint density at radius 1 is 1.40 bits per heavy atom. The molecule has 0 aromatic carbocycles. The fourth-order valence-corrected chi connectivity index (χ4v) is 0.946. The molecule has 0 amide bonds. The number of halogens is 1. The molecular weight excluding hydrogens is 146 g/mol. The second kappa shape index (κ2) is 7.10. The number of rotatable bonds is 5. The summed E-state index contributed by atoms with van der Waals surface area (Å²) in [7, 11) is 0. The van der Waals surface area contributed by atoms with E-state index in [0.717, 1.165) is 6.54 Å². The summed E-state index contributed by atoms with van der Waals surface area (Å²) in [4.78, 5) is 0. The van der Waals surface area contributed by atoms with Crippen molar-refractivity contribution in [3.8, 4) is 0 Å². The van der Waals surface area contributed by atoms with Crippen LogP contribution in [0.5, 0.6) is 0 Å². The summed E-state index contributed by atoms with van der Waals surface area (Å²) < 4.78 is 0. The van der Waals surface area contributed by atoms with Crippen LogP contribution in [0.1, 0.15) is 26.7 Å². The van der Waals surface area contributed by atoms with Gasteiger partial charge in [-0.2, -0.15) is 0 Å². The van der Waals surface area contributed by atoms with Crippen LogP contribution in [0.15, 0.2) is 11.6 Å². The first-order valence-electron chi connectivity index (χ1n) is 3.83. The maximum absolute atomic E-state index is 5.35. The van der Waals surface area contributed by atoms with Gasteiger partial charge in [0.2, 0.25) is 0 Å². The summed E-state index contributed by atoms with van der Waals surface area (Å²) in [5.41, 5.74) is 1.55. The Morgan fingerprint density at radius 3 is 2.40 bits per heavy atom. The molecule has 0 unspecified atom stereocenters. The van der Waals surface area contributed by atoms with Crippen molar-refractivity contribution in [2.45, 2.75) is 32.7 Å². The van der Waals surface area contributed by atoms with E-state index in [9.17, 15) is 0 Å². The predicted molar refractivity (Wildman–Crippen MR) is 47.4 cm³/mol. The molecule has 0 spiro atoms. The third-order valence-electron chi connectivity index (χ3n) is 1.60. The number of nitrogens with one attached hydrogen (secondary N) is 1. The van der Waals surface area contributed by atoms with E-state index >= 15 is 0 Å². The maximum atomic E-state index is 5.35. The van der Waals surface area contributed by atoms with Gasteiger partial charge in [-0.25, -0.2) is 0 Å². The minimum absolute atomic E-state index is 0.646. The van der Waals surface area contributed by atoms with Gasteiger partial charge in [0, 0.05) is 18.1 Å². The topological polar surface area (TPSA) is 12.0 Å². The molecule has 0 heterocycles. The van der Waals surface area contributed by atoms with Gasteiger partial charge in [0.1, 0.15) is 0 Å². The minimum Gasteiger partial charge on any atom is -0.311 e. The Kier molecular flexibility index (Phi) is 7.09. The third-order valence-corrected chi connectivity index (χ3v) is 1.78. The fraction of sp³-hybridized carbons (Fsp3) is 0.750. The molecule has 1 nitrogen and oxygen atoms in total. The quantitative estimate of drug-likeness (QED) is 0.654. The zero-order valence-electron chi connectivity index (χ0n) is 6.73. The SMILES string of the molecule is CCC(CC)NC/C=C/Cl. The van der Waals surface area contributed by atoms with Crippen LogP contribution in [0.25, 0.3) is 0 Å². The first-order chi connectivity index (χ1) is 4.85. The van der Waals surface area contributed by atoms with Gasteiger partial charge in [-0.1, -0.05) is 31.5 Å². The van der Waals surface area contributed by atoms with Crippen LogP contribution in [0.4, 0.5) is 0 Å². The van der Waals surface area contributed by atoms with Crippen LogP contribution >= 0.6 is 11.6 Å². The van der Waals surface area contributed by atoms with Crippen molar-refractivity contribution in [2.24, 2.45) is 0 Å². The molecule has 0 atom stereocenters. The fourth-order valence-electron chi connectivity index (χ4n) is 0.857. The van der Waals surface area contributed by atoms with Crippen LogP contribution in [0, 0.1) is 0 Å². The molecule has 60 valence electrons. The van der Waals surface area contributed by atoms with Gasteiger partial charge in [-0.3, -0.25) is 0 Å². The Bertz CT molecular complexity index is 87.3. The normalized spacial score (nSPS) is 11.6. The van der Waals surface area contributed by atoms with E-state index in [1.807, 2.05) is 6.08 Å². The van der Waals surface area contributed by atoms with Crippen LogP contribution in [-0.4, -0.2) is 12.6 Å². The molecule has 2 heteroatoms. The molecule has 1 N–H and O–H groups in total. The molecule has 0 saturated carbocycles. The summed E-state index contributed by atoms with van der Waals surface area (Å²) in [5.74, 6) is 0. The van der Waals surface area contributed by atoms with Crippen LogP contribution < -0.4 is 5.32 Å². The van der Waals surface area contributed by atoms with E-state index in [4.69, 9.17) is 11.6 Å². The lowest BCUT2D eigenvalue weighted by Crippen LogP contribution is -2.27. The van der Waals surface area contributed by atoms with E-state index in [-0.39, 0.29) is 0 Å². The summed E-state index contributed by atoms with van der Waals surface area (Å²) in [5, 5.41) is 3.35.